The SMILES string of the molecule is CN=C(NCCCc1nnc(SC)n1CC(C)C)NC1CCN(c2ncccc2F)C1.I. The standard InChI is InChI=1S/C21H33FN8S.HI/c1-15(2)13-30-18(27-28-21(30)31-4)8-6-11-25-20(23-3)26-16-9-12-29(14-16)19-17(22)7-5-10-24-19;/h5,7,10,15-16H,6,8-9,11-14H2,1-4H3,(H2,23,25,26);1H. The molecule has 1 aliphatic heterocycles. The number of hydrogen-bond donors (Lipinski definition) is 2. The summed E-state index contributed by atoms with van der Waals surface area (Å²) in [5.74, 6) is 2.49. The Balaban J connectivity index is 0.00000363. The maximum absolute atomic E-state index is 14.0. The van der Waals surface area contributed by atoms with E-state index in [1.807, 2.05) is 11.2 Å². The van der Waals surface area contributed by atoms with Crippen molar-refractivity contribution in [3.8, 4) is 0 Å². The Labute approximate surface area is 211 Å². The molecule has 11 heteroatoms. The van der Waals surface area contributed by atoms with Gasteiger partial charge in [0, 0.05) is 51.9 Å². The minimum absolute atomic E-state index is 0. The molecular formula is C21H34FIN8S. The number of thioether (sulfide) groups is 1. The summed E-state index contributed by atoms with van der Waals surface area (Å²) in [5, 5.41) is 16.5. The molecule has 2 N–H and O–H groups in total. The number of rotatable bonds is 9. The second-order valence-corrected chi connectivity index (χ2v) is 8.87. The summed E-state index contributed by atoms with van der Waals surface area (Å²) >= 11 is 1.64. The average Bonchev–Trinajstić information content (AvgIpc) is 3.37. The molecule has 0 aromatic carbocycles. The van der Waals surface area contributed by atoms with Crippen LogP contribution in [0.3, 0.4) is 0 Å². The summed E-state index contributed by atoms with van der Waals surface area (Å²) in [5.41, 5.74) is 0. The van der Waals surface area contributed by atoms with E-state index in [2.05, 4.69) is 49.2 Å². The number of pyridine rings is 1. The molecule has 0 spiro atoms. The van der Waals surface area contributed by atoms with Gasteiger partial charge in [-0.3, -0.25) is 4.99 Å². The van der Waals surface area contributed by atoms with Gasteiger partial charge in [-0.15, -0.1) is 34.2 Å². The Bertz CT molecular complexity index is 875. The quantitative estimate of drug-likeness (QED) is 0.156. The van der Waals surface area contributed by atoms with Crippen LogP contribution in [0.1, 0.15) is 32.5 Å². The molecule has 0 amide bonds. The van der Waals surface area contributed by atoms with Gasteiger partial charge < -0.3 is 20.1 Å². The minimum atomic E-state index is -0.277. The second kappa shape index (κ2) is 13.2. The van der Waals surface area contributed by atoms with Crippen molar-refractivity contribution in [3.63, 3.8) is 0 Å². The fourth-order valence-corrected chi connectivity index (χ4v) is 4.25. The van der Waals surface area contributed by atoms with Crippen molar-refractivity contribution < 1.29 is 4.39 Å². The lowest BCUT2D eigenvalue weighted by Gasteiger charge is -2.20. The Morgan fingerprint density at radius 2 is 2.19 bits per heavy atom. The predicted octanol–water partition coefficient (Wildman–Crippen LogP) is 3.18. The summed E-state index contributed by atoms with van der Waals surface area (Å²) in [4.78, 5) is 10.5. The van der Waals surface area contributed by atoms with Crippen molar-refractivity contribution in [2.24, 2.45) is 10.9 Å². The van der Waals surface area contributed by atoms with Crippen LogP contribution in [-0.2, 0) is 13.0 Å². The van der Waals surface area contributed by atoms with Crippen molar-refractivity contribution >= 4 is 47.5 Å². The van der Waals surface area contributed by atoms with Crippen LogP contribution in [0.15, 0.2) is 28.5 Å². The number of guanidine groups is 1. The Kier molecular flexibility index (Phi) is 11.0. The van der Waals surface area contributed by atoms with Gasteiger partial charge in [-0.05, 0) is 37.1 Å². The van der Waals surface area contributed by atoms with Crippen LogP contribution >= 0.6 is 35.7 Å². The number of nitrogens with zero attached hydrogens (tertiary/aromatic N) is 6. The van der Waals surface area contributed by atoms with Crippen LogP contribution in [0.25, 0.3) is 0 Å². The molecule has 1 saturated heterocycles. The van der Waals surface area contributed by atoms with Crippen molar-refractivity contribution in [2.75, 3.05) is 37.8 Å². The average molecular weight is 577 g/mol. The molecule has 0 saturated carbocycles. The van der Waals surface area contributed by atoms with Crippen LogP contribution in [0.2, 0.25) is 0 Å². The first kappa shape index (κ1) is 26.6. The maximum atomic E-state index is 14.0. The molecule has 1 aliphatic rings. The lowest BCUT2D eigenvalue weighted by atomic mass is 10.2. The third-order valence-electron chi connectivity index (χ3n) is 5.18. The first-order valence-electron chi connectivity index (χ1n) is 10.8. The second-order valence-electron chi connectivity index (χ2n) is 8.09. The smallest absolute Gasteiger partial charge is 0.191 e. The minimum Gasteiger partial charge on any atom is -0.356 e. The third kappa shape index (κ3) is 7.19. The first-order valence-corrected chi connectivity index (χ1v) is 12.0. The summed E-state index contributed by atoms with van der Waals surface area (Å²) in [6, 6.07) is 3.27. The zero-order valence-electron chi connectivity index (χ0n) is 19.2. The van der Waals surface area contributed by atoms with Crippen LogP contribution in [0.4, 0.5) is 10.2 Å². The highest BCUT2D eigenvalue weighted by atomic mass is 127. The van der Waals surface area contributed by atoms with E-state index in [0.29, 0.717) is 18.3 Å². The van der Waals surface area contributed by atoms with E-state index in [0.717, 1.165) is 55.8 Å². The molecule has 1 unspecified atom stereocenters. The van der Waals surface area contributed by atoms with Gasteiger partial charge in [-0.1, -0.05) is 25.6 Å². The number of halogens is 2. The molecule has 8 nitrogen and oxygen atoms in total. The number of aromatic nitrogens is 4. The Morgan fingerprint density at radius 1 is 1.38 bits per heavy atom. The summed E-state index contributed by atoms with van der Waals surface area (Å²) in [6.07, 6.45) is 6.37. The molecule has 3 heterocycles. The van der Waals surface area contributed by atoms with Gasteiger partial charge in [-0.2, -0.15) is 0 Å². The predicted molar refractivity (Wildman–Crippen MR) is 140 cm³/mol. The highest BCUT2D eigenvalue weighted by Crippen LogP contribution is 2.21. The summed E-state index contributed by atoms with van der Waals surface area (Å²) in [6.45, 7) is 7.60. The van der Waals surface area contributed by atoms with E-state index < -0.39 is 0 Å². The maximum Gasteiger partial charge on any atom is 0.191 e. The Hall–Kier alpha value is -1.63. The number of aryl methyl sites for hydroxylation is 1. The van der Waals surface area contributed by atoms with E-state index in [1.165, 1.54) is 6.07 Å². The van der Waals surface area contributed by atoms with Gasteiger partial charge in [0.05, 0.1) is 0 Å². The molecule has 3 rings (SSSR count). The molecular weight excluding hydrogens is 542 g/mol. The van der Waals surface area contributed by atoms with Crippen LogP contribution in [-0.4, -0.2) is 64.7 Å². The van der Waals surface area contributed by atoms with Crippen molar-refractivity contribution in [2.45, 2.75) is 50.9 Å². The molecule has 2 aromatic rings. The Morgan fingerprint density at radius 3 is 2.88 bits per heavy atom. The molecule has 2 aromatic heterocycles. The highest BCUT2D eigenvalue weighted by Gasteiger charge is 2.25. The first-order chi connectivity index (χ1) is 15.0. The van der Waals surface area contributed by atoms with Gasteiger partial charge in [0.1, 0.15) is 5.82 Å². The lowest BCUT2D eigenvalue weighted by molar-refractivity contribution is 0.477. The zero-order valence-corrected chi connectivity index (χ0v) is 22.4. The fourth-order valence-electron chi connectivity index (χ4n) is 3.73. The van der Waals surface area contributed by atoms with Gasteiger partial charge in [0.25, 0.3) is 0 Å². The van der Waals surface area contributed by atoms with E-state index in [9.17, 15) is 4.39 Å². The van der Waals surface area contributed by atoms with Crippen LogP contribution < -0.4 is 15.5 Å². The number of anilines is 1. The topological polar surface area (TPSA) is 83.3 Å². The van der Waals surface area contributed by atoms with Crippen LogP contribution in [0.5, 0.6) is 0 Å². The lowest BCUT2D eigenvalue weighted by Crippen LogP contribution is -2.45. The van der Waals surface area contributed by atoms with E-state index in [-0.39, 0.29) is 35.8 Å². The normalized spacial score (nSPS) is 16.4. The molecule has 0 bridgehead atoms. The van der Waals surface area contributed by atoms with E-state index in [4.69, 9.17) is 0 Å². The van der Waals surface area contributed by atoms with Crippen molar-refractivity contribution in [1.82, 2.24) is 30.4 Å². The van der Waals surface area contributed by atoms with Crippen molar-refractivity contribution in [1.29, 1.82) is 0 Å². The van der Waals surface area contributed by atoms with Gasteiger partial charge in [0.15, 0.2) is 22.8 Å². The van der Waals surface area contributed by atoms with Crippen LogP contribution in [0, 0.1) is 11.7 Å². The number of nitrogens with one attached hydrogen (secondary N) is 2. The fraction of sp³-hybridized carbons (Fsp3) is 0.619. The molecule has 0 aliphatic carbocycles. The van der Waals surface area contributed by atoms with Gasteiger partial charge in [0.2, 0.25) is 0 Å². The number of aliphatic imine (C=N–C) groups is 1. The van der Waals surface area contributed by atoms with E-state index in [1.54, 1.807) is 31.1 Å². The molecule has 1 fully saturated rings. The third-order valence-corrected chi connectivity index (χ3v) is 5.85. The molecule has 178 valence electrons. The highest BCUT2D eigenvalue weighted by molar-refractivity contribution is 14.0. The monoisotopic (exact) mass is 576 g/mol. The van der Waals surface area contributed by atoms with Gasteiger partial charge in [-0.25, -0.2) is 9.37 Å². The largest absolute Gasteiger partial charge is 0.356 e. The summed E-state index contributed by atoms with van der Waals surface area (Å²) < 4.78 is 16.2. The van der Waals surface area contributed by atoms with E-state index >= 15 is 0 Å². The van der Waals surface area contributed by atoms with Gasteiger partial charge >= 0.3 is 0 Å². The zero-order chi connectivity index (χ0) is 22.2. The van der Waals surface area contributed by atoms with Crippen molar-refractivity contribution in [3.05, 3.63) is 30.0 Å². The molecule has 32 heavy (non-hydrogen) atoms. The number of hydrogen-bond acceptors (Lipinski definition) is 6. The summed E-state index contributed by atoms with van der Waals surface area (Å²) in [7, 11) is 1.77. The molecule has 0 radical (unpaired) electrons. The molecule has 1 atom stereocenters.